The van der Waals surface area contributed by atoms with E-state index >= 15 is 0 Å². The number of imidazole rings is 1. The number of rotatable bonds is 6. The quantitative estimate of drug-likeness (QED) is 0.676. The fourth-order valence-electron chi connectivity index (χ4n) is 1.14. The third-order valence-corrected chi connectivity index (χ3v) is 1.88. The molecule has 0 aliphatic heterocycles. The molecule has 0 unspecified atom stereocenters. The molecule has 8 heteroatoms. The van der Waals surface area contributed by atoms with Crippen molar-refractivity contribution in [2.24, 2.45) is 0 Å². The second-order valence-electron chi connectivity index (χ2n) is 3.40. The summed E-state index contributed by atoms with van der Waals surface area (Å²) in [5.41, 5.74) is 0.855. The fourth-order valence-corrected chi connectivity index (χ4v) is 1.14. The Bertz CT molecular complexity index is 337. The maximum atomic E-state index is 11.7. The summed E-state index contributed by atoms with van der Waals surface area (Å²) < 4.78 is 35.2. The first-order valence-corrected chi connectivity index (χ1v) is 4.99. The largest absolute Gasteiger partial charge is 0.401 e. The Balaban J connectivity index is 2.05. The minimum absolute atomic E-state index is 0.345. The van der Waals surface area contributed by atoms with E-state index < -0.39 is 18.6 Å². The molecule has 0 saturated carbocycles. The monoisotopic (exact) mass is 250 g/mol. The predicted octanol–water partition coefficient (Wildman–Crippen LogP) is 0.220. The lowest BCUT2D eigenvalue weighted by Gasteiger charge is -2.08. The average molecular weight is 250 g/mol. The van der Waals surface area contributed by atoms with Crippen molar-refractivity contribution in [3.63, 3.8) is 0 Å². The van der Waals surface area contributed by atoms with Crippen LogP contribution in [0.2, 0.25) is 0 Å². The Hall–Kier alpha value is -1.57. The number of aromatic nitrogens is 2. The predicted molar refractivity (Wildman–Crippen MR) is 54.2 cm³/mol. The van der Waals surface area contributed by atoms with E-state index in [-0.39, 0.29) is 6.54 Å². The lowest BCUT2D eigenvalue weighted by atomic mass is 10.3. The number of halogens is 3. The van der Waals surface area contributed by atoms with E-state index in [1.807, 2.05) is 5.32 Å². The molecule has 0 radical (unpaired) electrons. The number of alkyl halides is 3. The second kappa shape index (κ2) is 6.24. The van der Waals surface area contributed by atoms with Gasteiger partial charge >= 0.3 is 6.18 Å². The maximum Gasteiger partial charge on any atom is 0.401 e. The van der Waals surface area contributed by atoms with Crippen molar-refractivity contribution in [1.82, 2.24) is 20.6 Å². The molecule has 1 amide bonds. The van der Waals surface area contributed by atoms with E-state index in [9.17, 15) is 18.0 Å². The van der Waals surface area contributed by atoms with Crippen LogP contribution in [0.15, 0.2) is 12.5 Å². The number of H-pyrrole nitrogens is 1. The lowest BCUT2D eigenvalue weighted by Crippen LogP contribution is -2.38. The molecule has 5 nitrogen and oxygen atoms in total. The van der Waals surface area contributed by atoms with Gasteiger partial charge in [-0.1, -0.05) is 0 Å². The number of nitrogens with one attached hydrogen (secondary N) is 3. The molecular weight excluding hydrogens is 237 g/mol. The number of hydrogen-bond acceptors (Lipinski definition) is 3. The van der Waals surface area contributed by atoms with Crippen molar-refractivity contribution in [3.05, 3.63) is 18.2 Å². The van der Waals surface area contributed by atoms with E-state index in [1.54, 1.807) is 6.20 Å². The summed E-state index contributed by atoms with van der Waals surface area (Å²) >= 11 is 0. The number of nitrogens with zero attached hydrogens (tertiary/aromatic N) is 1. The minimum Gasteiger partial charge on any atom is -0.355 e. The lowest BCUT2D eigenvalue weighted by molar-refractivity contribution is -0.128. The summed E-state index contributed by atoms with van der Waals surface area (Å²) in [6.07, 6.45) is -0.600. The molecule has 1 aromatic heterocycles. The second-order valence-corrected chi connectivity index (χ2v) is 3.40. The first-order chi connectivity index (χ1) is 7.97. The molecule has 0 bridgehead atoms. The highest BCUT2D eigenvalue weighted by Gasteiger charge is 2.26. The van der Waals surface area contributed by atoms with Gasteiger partial charge in [-0.25, -0.2) is 4.98 Å². The van der Waals surface area contributed by atoms with Crippen LogP contribution < -0.4 is 10.6 Å². The molecule has 0 aliphatic rings. The summed E-state index contributed by atoms with van der Waals surface area (Å²) in [6, 6.07) is 0. The smallest absolute Gasteiger partial charge is 0.355 e. The average Bonchev–Trinajstić information content (AvgIpc) is 2.68. The van der Waals surface area contributed by atoms with Crippen molar-refractivity contribution < 1.29 is 18.0 Å². The van der Waals surface area contributed by atoms with Crippen molar-refractivity contribution in [3.8, 4) is 0 Å². The third-order valence-electron chi connectivity index (χ3n) is 1.88. The van der Waals surface area contributed by atoms with E-state index in [1.165, 1.54) is 6.33 Å². The molecule has 1 aromatic rings. The first-order valence-electron chi connectivity index (χ1n) is 4.99. The highest BCUT2D eigenvalue weighted by molar-refractivity contribution is 5.77. The normalized spacial score (nSPS) is 11.5. The van der Waals surface area contributed by atoms with Gasteiger partial charge in [0.05, 0.1) is 19.4 Å². The summed E-state index contributed by atoms with van der Waals surface area (Å²) in [6.45, 7) is -1.15. The Morgan fingerprint density at radius 1 is 1.47 bits per heavy atom. The van der Waals surface area contributed by atoms with Crippen molar-refractivity contribution in [1.29, 1.82) is 0 Å². The minimum atomic E-state index is -4.30. The van der Waals surface area contributed by atoms with Crippen molar-refractivity contribution in [2.45, 2.75) is 12.6 Å². The van der Waals surface area contributed by atoms with Crippen LogP contribution in [0.4, 0.5) is 13.2 Å². The van der Waals surface area contributed by atoms with Crippen LogP contribution >= 0.6 is 0 Å². The van der Waals surface area contributed by atoms with Gasteiger partial charge in [-0.15, -0.1) is 0 Å². The molecule has 0 aromatic carbocycles. The first kappa shape index (κ1) is 13.5. The van der Waals surface area contributed by atoms with Gasteiger partial charge < -0.3 is 15.6 Å². The summed E-state index contributed by atoms with van der Waals surface area (Å²) in [5.74, 6) is -0.464. The Morgan fingerprint density at radius 3 is 2.82 bits per heavy atom. The van der Waals surface area contributed by atoms with Gasteiger partial charge in [-0.05, 0) is 0 Å². The molecule has 0 saturated heterocycles. The van der Waals surface area contributed by atoms with Gasteiger partial charge in [-0.2, -0.15) is 13.2 Å². The summed E-state index contributed by atoms with van der Waals surface area (Å²) in [5, 5.41) is 4.50. The van der Waals surface area contributed by atoms with Crippen LogP contribution in [-0.2, 0) is 11.2 Å². The van der Waals surface area contributed by atoms with Gasteiger partial charge in [0, 0.05) is 24.9 Å². The molecule has 0 spiro atoms. The zero-order valence-corrected chi connectivity index (χ0v) is 8.97. The highest BCUT2D eigenvalue weighted by Crippen LogP contribution is 2.11. The van der Waals surface area contributed by atoms with Gasteiger partial charge in [0.25, 0.3) is 0 Å². The number of carbonyl (C=O) groups is 1. The zero-order chi connectivity index (χ0) is 12.7. The molecule has 0 fully saturated rings. The molecule has 0 atom stereocenters. The Kier molecular flexibility index (Phi) is 4.95. The number of carbonyl (C=O) groups excluding carboxylic acids is 1. The van der Waals surface area contributed by atoms with Gasteiger partial charge in [0.15, 0.2) is 0 Å². The van der Waals surface area contributed by atoms with Crippen LogP contribution in [-0.4, -0.2) is 41.7 Å². The SMILES string of the molecule is O=C(CNCC(F)(F)F)NCCc1cnc[nH]1. The van der Waals surface area contributed by atoms with Gasteiger partial charge in [0.2, 0.25) is 5.91 Å². The maximum absolute atomic E-state index is 11.7. The van der Waals surface area contributed by atoms with Crippen LogP contribution in [0.5, 0.6) is 0 Å². The van der Waals surface area contributed by atoms with Crippen LogP contribution in [0.25, 0.3) is 0 Å². The van der Waals surface area contributed by atoms with Crippen molar-refractivity contribution in [2.75, 3.05) is 19.6 Å². The topological polar surface area (TPSA) is 69.8 Å². The number of hydrogen-bond donors (Lipinski definition) is 3. The molecule has 17 heavy (non-hydrogen) atoms. The van der Waals surface area contributed by atoms with E-state index in [0.29, 0.717) is 13.0 Å². The molecule has 0 aliphatic carbocycles. The van der Waals surface area contributed by atoms with E-state index in [4.69, 9.17) is 0 Å². The standard InChI is InChI=1S/C9H13F3N4O/c10-9(11,12)5-13-4-8(17)15-2-1-7-3-14-6-16-7/h3,6,13H,1-2,4-5H2,(H,14,16)(H,15,17). The Labute approximate surface area is 95.8 Å². The molecule has 1 rings (SSSR count). The van der Waals surface area contributed by atoms with E-state index in [2.05, 4.69) is 15.3 Å². The van der Waals surface area contributed by atoms with Crippen LogP contribution in [0, 0.1) is 0 Å². The zero-order valence-electron chi connectivity index (χ0n) is 8.97. The van der Waals surface area contributed by atoms with E-state index in [0.717, 1.165) is 5.69 Å². The highest BCUT2D eigenvalue weighted by atomic mass is 19.4. The summed E-state index contributed by atoms with van der Waals surface area (Å²) in [7, 11) is 0. The van der Waals surface area contributed by atoms with Gasteiger partial charge in [-0.3, -0.25) is 4.79 Å². The summed E-state index contributed by atoms with van der Waals surface area (Å²) in [4.78, 5) is 17.7. The fraction of sp³-hybridized carbons (Fsp3) is 0.556. The van der Waals surface area contributed by atoms with Crippen LogP contribution in [0.3, 0.4) is 0 Å². The van der Waals surface area contributed by atoms with Gasteiger partial charge in [0.1, 0.15) is 0 Å². The molecule has 1 heterocycles. The number of aromatic amines is 1. The van der Waals surface area contributed by atoms with Crippen LogP contribution in [0.1, 0.15) is 5.69 Å². The van der Waals surface area contributed by atoms with Crippen molar-refractivity contribution >= 4 is 5.91 Å². The molecule has 3 N–H and O–H groups in total. The Morgan fingerprint density at radius 2 is 2.24 bits per heavy atom. The molecule has 96 valence electrons. The third kappa shape index (κ3) is 6.56. The molecular formula is C9H13F3N4O. The number of amides is 1.